The van der Waals surface area contributed by atoms with Crippen molar-refractivity contribution in [3.63, 3.8) is 0 Å². The molecule has 0 amide bonds. The summed E-state index contributed by atoms with van der Waals surface area (Å²) in [6, 6.07) is 17.4. The molecule has 3 aromatic rings. The van der Waals surface area contributed by atoms with Crippen LogP contribution in [0.25, 0.3) is 0 Å². The molecular formula is C28H35N3O2. The van der Waals surface area contributed by atoms with Gasteiger partial charge in [-0.2, -0.15) is 5.10 Å². The van der Waals surface area contributed by atoms with Crippen LogP contribution in [0.5, 0.6) is 11.5 Å². The summed E-state index contributed by atoms with van der Waals surface area (Å²) in [4.78, 5) is 0. The van der Waals surface area contributed by atoms with Crippen molar-refractivity contribution in [3.05, 3.63) is 76.6 Å². The maximum absolute atomic E-state index is 6.39. The summed E-state index contributed by atoms with van der Waals surface area (Å²) in [7, 11) is 2.02. The van der Waals surface area contributed by atoms with Crippen molar-refractivity contribution in [2.24, 2.45) is 7.05 Å². The molecule has 1 saturated carbocycles. The quantitative estimate of drug-likeness (QED) is 0.538. The first-order valence-electron chi connectivity index (χ1n) is 12.3. The summed E-state index contributed by atoms with van der Waals surface area (Å²) in [6.07, 6.45) is 6.95. The molecule has 2 aromatic carbocycles. The zero-order chi connectivity index (χ0) is 22.8. The highest BCUT2D eigenvalue weighted by atomic mass is 16.5. The summed E-state index contributed by atoms with van der Waals surface area (Å²) in [5, 5.41) is 8.28. The molecule has 0 spiro atoms. The monoisotopic (exact) mass is 445 g/mol. The van der Waals surface area contributed by atoms with Crippen LogP contribution in [0.3, 0.4) is 0 Å². The van der Waals surface area contributed by atoms with E-state index in [1.165, 1.54) is 22.4 Å². The Hall–Kier alpha value is -2.79. The maximum Gasteiger partial charge on any atom is 0.124 e. The van der Waals surface area contributed by atoms with E-state index in [0.717, 1.165) is 62.3 Å². The fourth-order valence-corrected chi connectivity index (χ4v) is 5.24. The minimum absolute atomic E-state index is 0.146. The lowest BCUT2D eigenvalue weighted by molar-refractivity contribution is 0.138. The third-order valence-corrected chi connectivity index (χ3v) is 7.35. The Morgan fingerprint density at radius 2 is 1.82 bits per heavy atom. The van der Waals surface area contributed by atoms with Crippen molar-refractivity contribution in [1.29, 1.82) is 0 Å². The molecule has 1 atom stereocenters. The number of aryl methyl sites for hydroxylation is 3. The molecule has 5 nitrogen and oxygen atoms in total. The number of hydrogen-bond donors (Lipinski definition) is 1. The van der Waals surface area contributed by atoms with Gasteiger partial charge in [-0.25, -0.2) is 0 Å². The number of rotatable bonds is 6. The van der Waals surface area contributed by atoms with Gasteiger partial charge in [0.1, 0.15) is 17.6 Å². The van der Waals surface area contributed by atoms with Crippen LogP contribution >= 0.6 is 0 Å². The molecule has 5 heteroatoms. The van der Waals surface area contributed by atoms with Crippen LogP contribution in [0.4, 0.5) is 0 Å². The molecule has 2 heterocycles. The summed E-state index contributed by atoms with van der Waals surface area (Å²) in [6.45, 7) is 5.14. The van der Waals surface area contributed by atoms with Crippen molar-refractivity contribution in [3.8, 4) is 11.5 Å². The predicted molar refractivity (Wildman–Crippen MR) is 131 cm³/mol. The smallest absolute Gasteiger partial charge is 0.124 e. The molecule has 0 bridgehead atoms. The number of nitrogens with zero attached hydrogens (tertiary/aromatic N) is 2. The molecule has 5 rings (SSSR count). The summed E-state index contributed by atoms with van der Waals surface area (Å²) < 4.78 is 14.7. The molecule has 1 aliphatic heterocycles. The molecule has 0 saturated heterocycles. The fourth-order valence-electron chi connectivity index (χ4n) is 5.24. The minimum atomic E-state index is 0.146. The molecule has 1 N–H and O–H groups in total. The lowest BCUT2D eigenvalue weighted by Crippen LogP contribution is -2.36. The molecule has 1 aromatic heterocycles. The number of ether oxygens (including phenoxy) is 2. The van der Waals surface area contributed by atoms with Crippen molar-refractivity contribution in [2.75, 3.05) is 0 Å². The van der Waals surface area contributed by atoms with Gasteiger partial charge < -0.3 is 14.8 Å². The number of nitrogens with one attached hydrogen (secondary N) is 1. The van der Waals surface area contributed by atoms with Gasteiger partial charge in [0.25, 0.3) is 0 Å². The van der Waals surface area contributed by atoms with Crippen LogP contribution < -0.4 is 14.8 Å². The Balaban J connectivity index is 1.12. The fraction of sp³-hybridized carbons (Fsp3) is 0.464. The first-order valence-corrected chi connectivity index (χ1v) is 12.3. The highest BCUT2D eigenvalue weighted by Gasteiger charge is 2.25. The van der Waals surface area contributed by atoms with Crippen LogP contribution in [-0.2, 0) is 20.0 Å². The molecule has 1 unspecified atom stereocenters. The average molecular weight is 446 g/mol. The number of fused-ring (bicyclic) bond motifs is 1. The van der Waals surface area contributed by atoms with E-state index in [0.29, 0.717) is 12.1 Å². The van der Waals surface area contributed by atoms with Crippen LogP contribution in [0.2, 0.25) is 0 Å². The second-order valence-electron chi connectivity index (χ2n) is 9.57. The van der Waals surface area contributed by atoms with Gasteiger partial charge in [0.05, 0.1) is 11.8 Å². The van der Waals surface area contributed by atoms with Gasteiger partial charge in [0.15, 0.2) is 0 Å². The van der Waals surface area contributed by atoms with Gasteiger partial charge in [-0.3, -0.25) is 4.68 Å². The van der Waals surface area contributed by atoms with Crippen molar-refractivity contribution < 1.29 is 9.47 Å². The van der Waals surface area contributed by atoms with E-state index < -0.39 is 0 Å². The summed E-state index contributed by atoms with van der Waals surface area (Å²) in [5.41, 5.74) is 6.23. The Morgan fingerprint density at radius 3 is 2.55 bits per heavy atom. The van der Waals surface area contributed by atoms with Gasteiger partial charge in [-0.1, -0.05) is 30.3 Å². The average Bonchev–Trinajstić information content (AvgIpc) is 3.09. The standard InChI is InChI=1S/C28H35N3O2/c1-19-26(20(2)31(3)30-19)18-29-23-10-12-24(13-11-23)32-25-14-16-28-22(17-25)9-15-27(33-28)21-7-5-4-6-8-21/h4-8,14,16-17,23-24,27,29H,9-13,15,18H2,1-3H3. The topological polar surface area (TPSA) is 48.3 Å². The van der Waals surface area contributed by atoms with Crippen molar-refractivity contribution >= 4 is 0 Å². The third kappa shape index (κ3) is 4.93. The molecule has 1 fully saturated rings. The Bertz CT molecular complexity index is 1080. The molecule has 0 radical (unpaired) electrons. The molecule has 33 heavy (non-hydrogen) atoms. The van der Waals surface area contributed by atoms with Gasteiger partial charge >= 0.3 is 0 Å². The number of aromatic nitrogens is 2. The van der Waals surface area contributed by atoms with Gasteiger partial charge in [-0.15, -0.1) is 0 Å². The summed E-state index contributed by atoms with van der Waals surface area (Å²) >= 11 is 0. The number of hydrogen-bond acceptors (Lipinski definition) is 4. The SMILES string of the molecule is Cc1nn(C)c(C)c1CNC1CCC(Oc2ccc3c(c2)CCC(c2ccccc2)O3)CC1. The Kier molecular flexibility index (Phi) is 6.41. The van der Waals surface area contributed by atoms with E-state index in [1.54, 1.807) is 0 Å². The van der Waals surface area contributed by atoms with E-state index in [1.807, 2.05) is 11.7 Å². The molecule has 1 aliphatic carbocycles. The van der Waals surface area contributed by atoms with Crippen LogP contribution in [-0.4, -0.2) is 21.9 Å². The highest BCUT2D eigenvalue weighted by molar-refractivity contribution is 5.42. The lowest BCUT2D eigenvalue weighted by Gasteiger charge is -2.30. The van der Waals surface area contributed by atoms with E-state index in [-0.39, 0.29) is 6.10 Å². The van der Waals surface area contributed by atoms with Crippen LogP contribution in [0, 0.1) is 13.8 Å². The number of benzene rings is 2. The first-order chi connectivity index (χ1) is 16.1. The van der Waals surface area contributed by atoms with E-state index in [9.17, 15) is 0 Å². The van der Waals surface area contributed by atoms with E-state index in [4.69, 9.17) is 9.47 Å². The minimum Gasteiger partial charge on any atom is -0.490 e. The summed E-state index contributed by atoms with van der Waals surface area (Å²) in [5.74, 6) is 1.98. The van der Waals surface area contributed by atoms with Gasteiger partial charge in [0.2, 0.25) is 0 Å². The van der Waals surface area contributed by atoms with Crippen molar-refractivity contribution in [2.45, 2.75) is 77.2 Å². The second-order valence-corrected chi connectivity index (χ2v) is 9.57. The zero-order valence-electron chi connectivity index (χ0n) is 20.0. The maximum atomic E-state index is 6.39. The first kappa shape index (κ1) is 22.0. The highest BCUT2D eigenvalue weighted by Crippen LogP contribution is 2.37. The Morgan fingerprint density at radius 1 is 1.03 bits per heavy atom. The van der Waals surface area contributed by atoms with Crippen LogP contribution in [0.1, 0.15) is 66.3 Å². The molecule has 174 valence electrons. The van der Waals surface area contributed by atoms with Gasteiger partial charge in [-0.05, 0) is 81.7 Å². The van der Waals surface area contributed by atoms with E-state index in [2.05, 4.69) is 72.8 Å². The lowest BCUT2D eigenvalue weighted by atomic mass is 9.92. The Labute approximate surface area is 197 Å². The zero-order valence-corrected chi connectivity index (χ0v) is 20.0. The van der Waals surface area contributed by atoms with Gasteiger partial charge in [0, 0.05) is 30.9 Å². The molecule has 2 aliphatic rings. The second kappa shape index (κ2) is 9.60. The van der Waals surface area contributed by atoms with E-state index >= 15 is 0 Å². The molecular weight excluding hydrogens is 410 g/mol. The predicted octanol–water partition coefficient (Wildman–Crippen LogP) is 5.58. The normalized spacial score (nSPS) is 22.5. The van der Waals surface area contributed by atoms with Crippen molar-refractivity contribution in [1.82, 2.24) is 15.1 Å². The largest absolute Gasteiger partial charge is 0.490 e. The third-order valence-electron chi connectivity index (χ3n) is 7.35. The van der Waals surface area contributed by atoms with Crippen LogP contribution in [0.15, 0.2) is 48.5 Å².